The summed E-state index contributed by atoms with van der Waals surface area (Å²) in [6.07, 6.45) is 0.796. The van der Waals surface area contributed by atoms with Crippen LogP contribution in [0.4, 0.5) is 4.39 Å². The third kappa shape index (κ3) is 3.59. The lowest BCUT2D eigenvalue weighted by Crippen LogP contribution is -2.37. The van der Waals surface area contributed by atoms with Crippen molar-refractivity contribution in [3.8, 4) is 11.5 Å². The smallest absolute Gasteiger partial charge is 0.189 e. The lowest BCUT2D eigenvalue weighted by Gasteiger charge is -2.26. The van der Waals surface area contributed by atoms with Gasteiger partial charge in [-0.2, -0.15) is 0 Å². The summed E-state index contributed by atoms with van der Waals surface area (Å²) in [5.74, 6) is 1.26. The van der Waals surface area contributed by atoms with E-state index in [4.69, 9.17) is 15.2 Å². The molecule has 0 saturated heterocycles. The van der Waals surface area contributed by atoms with E-state index in [-0.39, 0.29) is 24.4 Å². The van der Waals surface area contributed by atoms with Crippen molar-refractivity contribution in [1.82, 2.24) is 5.32 Å². The van der Waals surface area contributed by atoms with Crippen molar-refractivity contribution in [2.45, 2.75) is 19.0 Å². The molecule has 1 aliphatic rings. The van der Waals surface area contributed by atoms with Gasteiger partial charge in [-0.1, -0.05) is 24.3 Å². The van der Waals surface area contributed by atoms with E-state index in [1.54, 1.807) is 12.1 Å². The lowest BCUT2D eigenvalue weighted by atomic mass is 10.0. The van der Waals surface area contributed by atoms with E-state index in [1.807, 2.05) is 24.3 Å². The number of fused-ring (bicyclic) bond motifs is 1. The number of hydrogen-bond donors (Lipinski definition) is 2. The number of nitrogens with zero attached hydrogens (tertiary/aromatic N) is 1. The van der Waals surface area contributed by atoms with E-state index < -0.39 is 0 Å². The summed E-state index contributed by atoms with van der Waals surface area (Å²) < 4.78 is 24.5. The zero-order chi connectivity index (χ0) is 16.9. The number of benzene rings is 2. The molecule has 0 aromatic heterocycles. The lowest BCUT2D eigenvalue weighted by molar-refractivity contribution is 0.262. The maximum Gasteiger partial charge on any atom is 0.189 e. The van der Waals surface area contributed by atoms with Gasteiger partial charge in [0.1, 0.15) is 17.3 Å². The highest BCUT2D eigenvalue weighted by Crippen LogP contribution is 2.31. The molecule has 0 saturated carbocycles. The van der Waals surface area contributed by atoms with Crippen LogP contribution in [0.5, 0.6) is 11.5 Å². The Labute approximate surface area is 140 Å². The number of para-hydroxylation sites is 1. The molecule has 0 aliphatic carbocycles. The molecule has 0 radical (unpaired) electrons. The molecule has 126 valence electrons. The Bertz CT molecular complexity index is 749. The van der Waals surface area contributed by atoms with Crippen molar-refractivity contribution in [2.75, 3.05) is 13.7 Å². The minimum atomic E-state index is -0.359. The van der Waals surface area contributed by atoms with Crippen LogP contribution in [0.1, 0.15) is 23.6 Å². The number of aliphatic imine (C=N–C) groups is 1. The molecule has 0 amide bonds. The fourth-order valence-corrected chi connectivity index (χ4v) is 2.67. The van der Waals surface area contributed by atoms with Gasteiger partial charge in [0.05, 0.1) is 26.3 Å². The normalized spacial score (nSPS) is 16.9. The van der Waals surface area contributed by atoms with Crippen molar-refractivity contribution < 1.29 is 13.9 Å². The molecule has 1 aliphatic heterocycles. The fraction of sp³-hybridized carbons (Fsp3) is 0.278. The van der Waals surface area contributed by atoms with Crippen LogP contribution in [0, 0.1) is 5.82 Å². The number of rotatable bonds is 4. The summed E-state index contributed by atoms with van der Waals surface area (Å²) in [7, 11) is 1.50. The predicted octanol–water partition coefficient (Wildman–Crippen LogP) is 2.76. The van der Waals surface area contributed by atoms with Gasteiger partial charge in [-0.05, 0) is 12.1 Å². The van der Waals surface area contributed by atoms with Gasteiger partial charge >= 0.3 is 0 Å². The van der Waals surface area contributed by atoms with E-state index in [1.165, 1.54) is 13.2 Å². The molecule has 2 aromatic carbocycles. The van der Waals surface area contributed by atoms with Gasteiger partial charge in [0.25, 0.3) is 0 Å². The minimum absolute atomic E-state index is 0.0411. The van der Waals surface area contributed by atoms with Gasteiger partial charge < -0.3 is 20.5 Å². The van der Waals surface area contributed by atoms with E-state index in [9.17, 15) is 4.39 Å². The molecular weight excluding hydrogens is 309 g/mol. The van der Waals surface area contributed by atoms with Crippen LogP contribution in [0.2, 0.25) is 0 Å². The first-order valence-electron chi connectivity index (χ1n) is 7.78. The third-order valence-corrected chi connectivity index (χ3v) is 3.96. The quantitative estimate of drug-likeness (QED) is 0.668. The van der Waals surface area contributed by atoms with Crippen molar-refractivity contribution in [3.05, 3.63) is 59.4 Å². The molecule has 5 nitrogen and oxygen atoms in total. The average Bonchev–Trinajstić information content (AvgIpc) is 2.61. The maximum absolute atomic E-state index is 13.9. The van der Waals surface area contributed by atoms with Gasteiger partial charge in [0.2, 0.25) is 0 Å². The van der Waals surface area contributed by atoms with Crippen molar-refractivity contribution in [1.29, 1.82) is 0 Å². The summed E-state index contributed by atoms with van der Waals surface area (Å²) in [5.41, 5.74) is 7.49. The first kappa shape index (κ1) is 16.1. The molecule has 2 aromatic rings. The summed E-state index contributed by atoms with van der Waals surface area (Å²) >= 11 is 0. The highest BCUT2D eigenvalue weighted by atomic mass is 19.1. The molecule has 24 heavy (non-hydrogen) atoms. The van der Waals surface area contributed by atoms with Crippen LogP contribution in [-0.2, 0) is 6.54 Å². The first-order valence-corrected chi connectivity index (χ1v) is 7.78. The molecular formula is C18H20FN3O2. The summed E-state index contributed by atoms with van der Waals surface area (Å²) in [4.78, 5) is 4.24. The molecule has 6 heteroatoms. The molecule has 1 atom stereocenters. The minimum Gasteiger partial charge on any atom is -0.497 e. The summed E-state index contributed by atoms with van der Waals surface area (Å²) in [6, 6.07) is 12.6. The second kappa shape index (κ2) is 7.21. The Morgan fingerprint density at radius 2 is 2.21 bits per heavy atom. The number of methoxy groups -OCH3 is 1. The topological polar surface area (TPSA) is 68.9 Å². The molecule has 3 N–H and O–H groups in total. The van der Waals surface area contributed by atoms with E-state index in [0.29, 0.717) is 17.9 Å². The van der Waals surface area contributed by atoms with Crippen molar-refractivity contribution >= 4 is 5.96 Å². The van der Waals surface area contributed by atoms with Gasteiger partial charge in [-0.15, -0.1) is 0 Å². The first-order chi connectivity index (χ1) is 11.7. The number of ether oxygens (including phenoxy) is 2. The molecule has 1 heterocycles. The highest BCUT2D eigenvalue weighted by molar-refractivity contribution is 5.78. The number of nitrogens with one attached hydrogen (secondary N) is 1. The van der Waals surface area contributed by atoms with Crippen LogP contribution in [0.15, 0.2) is 47.5 Å². The van der Waals surface area contributed by atoms with Gasteiger partial charge in [-0.25, -0.2) is 9.38 Å². The molecule has 0 bridgehead atoms. The summed E-state index contributed by atoms with van der Waals surface area (Å²) in [5, 5.41) is 3.19. The fourth-order valence-electron chi connectivity index (χ4n) is 2.67. The standard InChI is InChI=1S/C18H20FN3O2/c1-23-13-7-6-12(15(19)10-13)11-21-18(20)22-16-8-9-24-17-5-3-2-4-14(16)17/h2-7,10,16H,8-9,11H2,1H3,(H3,20,21,22). The van der Waals surface area contributed by atoms with Crippen LogP contribution >= 0.6 is 0 Å². The van der Waals surface area contributed by atoms with Crippen LogP contribution in [0.25, 0.3) is 0 Å². The average molecular weight is 329 g/mol. The highest BCUT2D eigenvalue weighted by Gasteiger charge is 2.21. The molecule has 0 fully saturated rings. The maximum atomic E-state index is 13.9. The molecule has 0 spiro atoms. The predicted molar refractivity (Wildman–Crippen MR) is 90.7 cm³/mol. The SMILES string of the molecule is COc1ccc(CN=C(N)NC2CCOc3ccccc32)c(F)c1. The Morgan fingerprint density at radius 3 is 3.00 bits per heavy atom. The molecule has 3 rings (SSSR count). The second-order valence-corrected chi connectivity index (χ2v) is 5.53. The second-order valence-electron chi connectivity index (χ2n) is 5.53. The number of guanidine groups is 1. The summed E-state index contributed by atoms with van der Waals surface area (Å²) in [6.45, 7) is 0.786. The van der Waals surface area contributed by atoms with Gasteiger partial charge in [-0.3, -0.25) is 0 Å². The van der Waals surface area contributed by atoms with E-state index in [0.717, 1.165) is 17.7 Å². The van der Waals surface area contributed by atoms with Gasteiger partial charge in [0, 0.05) is 23.6 Å². The zero-order valence-corrected chi connectivity index (χ0v) is 13.5. The van der Waals surface area contributed by atoms with E-state index >= 15 is 0 Å². The zero-order valence-electron chi connectivity index (χ0n) is 13.5. The van der Waals surface area contributed by atoms with E-state index in [2.05, 4.69) is 10.3 Å². The Hall–Kier alpha value is -2.76. The number of halogens is 1. The Morgan fingerprint density at radius 1 is 1.38 bits per heavy atom. The van der Waals surface area contributed by atoms with Crippen LogP contribution in [-0.4, -0.2) is 19.7 Å². The largest absolute Gasteiger partial charge is 0.497 e. The number of nitrogens with two attached hydrogens (primary N) is 1. The van der Waals surface area contributed by atoms with Crippen molar-refractivity contribution in [2.24, 2.45) is 10.7 Å². The van der Waals surface area contributed by atoms with Crippen LogP contribution < -0.4 is 20.5 Å². The Balaban J connectivity index is 1.67. The molecule has 1 unspecified atom stereocenters. The Kier molecular flexibility index (Phi) is 4.84. The third-order valence-electron chi connectivity index (χ3n) is 3.96. The van der Waals surface area contributed by atoms with Gasteiger partial charge in [0.15, 0.2) is 5.96 Å². The number of hydrogen-bond acceptors (Lipinski definition) is 3. The van der Waals surface area contributed by atoms with Crippen LogP contribution in [0.3, 0.4) is 0 Å². The monoisotopic (exact) mass is 329 g/mol. The van der Waals surface area contributed by atoms with Crippen molar-refractivity contribution in [3.63, 3.8) is 0 Å².